The van der Waals surface area contributed by atoms with E-state index in [0.717, 1.165) is 0 Å². The van der Waals surface area contributed by atoms with E-state index in [4.69, 9.17) is 16.3 Å². The van der Waals surface area contributed by atoms with Crippen molar-refractivity contribution in [2.24, 2.45) is 5.10 Å². The Kier molecular flexibility index (Phi) is 6.74. The van der Waals surface area contributed by atoms with Crippen molar-refractivity contribution in [2.45, 2.75) is 0 Å². The third-order valence-corrected chi connectivity index (χ3v) is 4.49. The van der Waals surface area contributed by atoms with Gasteiger partial charge in [-0.25, -0.2) is 14.6 Å². The molecule has 146 valence electrons. The summed E-state index contributed by atoms with van der Waals surface area (Å²) in [5.74, 6) is -1.69. The lowest BCUT2D eigenvalue weighted by atomic mass is 10.2. The van der Waals surface area contributed by atoms with Gasteiger partial charge in [0, 0.05) is 15.1 Å². The van der Waals surface area contributed by atoms with Gasteiger partial charge >= 0.3 is 5.97 Å². The molecule has 3 aromatic carbocycles. The number of halogens is 3. The van der Waals surface area contributed by atoms with Gasteiger partial charge in [-0.05, 0) is 54.6 Å². The second kappa shape index (κ2) is 9.45. The summed E-state index contributed by atoms with van der Waals surface area (Å²) in [5.41, 5.74) is 2.87. The Labute approximate surface area is 179 Å². The van der Waals surface area contributed by atoms with Crippen LogP contribution in [0.5, 0.6) is 5.75 Å². The minimum absolute atomic E-state index is 0.131. The van der Waals surface area contributed by atoms with Gasteiger partial charge in [-0.3, -0.25) is 4.79 Å². The molecule has 0 spiro atoms. The van der Waals surface area contributed by atoms with Crippen LogP contribution >= 0.6 is 27.5 Å². The number of esters is 1. The highest BCUT2D eigenvalue weighted by molar-refractivity contribution is 9.10. The Morgan fingerprint density at radius 3 is 2.52 bits per heavy atom. The maximum atomic E-state index is 13.7. The highest BCUT2D eigenvalue weighted by atomic mass is 79.9. The van der Waals surface area contributed by atoms with E-state index in [1.54, 1.807) is 48.5 Å². The van der Waals surface area contributed by atoms with Gasteiger partial charge < -0.3 is 4.74 Å². The third-order valence-electron chi connectivity index (χ3n) is 3.74. The van der Waals surface area contributed by atoms with Crippen molar-refractivity contribution in [3.63, 3.8) is 0 Å². The zero-order valence-electron chi connectivity index (χ0n) is 14.7. The second-order valence-electron chi connectivity index (χ2n) is 5.76. The molecule has 3 aromatic rings. The summed E-state index contributed by atoms with van der Waals surface area (Å²) in [6.45, 7) is 0. The molecule has 1 amide bonds. The van der Waals surface area contributed by atoms with E-state index in [-0.39, 0.29) is 11.3 Å². The fourth-order valence-corrected chi connectivity index (χ4v) is 2.83. The highest BCUT2D eigenvalue weighted by Crippen LogP contribution is 2.23. The fraction of sp³-hybridized carbons (Fsp3) is 0. The summed E-state index contributed by atoms with van der Waals surface area (Å²) < 4.78 is 19.8. The summed E-state index contributed by atoms with van der Waals surface area (Å²) in [7, 11) is 0. The average Bonchev–Trinajstić information content (AvgIpc) is 2.70. The van der Waals surface area contributed by atoms with E-state index >= 15 is 0 Å². The van der Waals surface area contributed by atoms with Crippen LogP contribution in [0.15, 0.2) is 76.3 Å². The van der Waals surface area contributed by atoms with E-state index in [2.05, 4.69) is 26.5 Å². The smallest absolute Gasteiger partial charge is 0.343 e. The van der Waals surface area contributed by atoms with E-state index in [1.165, 1.54) is 24.4 Å². The Balaban J connectivity index is 1.75. The number of carbonyl (C=O) groups is 2. The molecule has 0 aromatic heterocycles. The van der Waals surface area contributed by atoms with Crippen molar-refractivity contribution in [3.05, 3.63) is 98.7 Å². The number of rotatable bonds is 5. The Bertz CT molecular complexity index is 1090. The maximum Gasteiger partial charge on any atom is 0.343 e. The Morgan fingerprint density at radius 1 is 1.07 bits per heavy atom. The van der Waals surface area contributed by atoms with Crippen molar-refractivity contribution >= 4 is 45.6 Å². The first-order valence-electron chi connectivity index (χ1n) is 8.29. The molecule has 0 atom stereocenters. The van der Waals surface area contributed by atoms with E-state index in [1.807, 2.05) is 0 Å². The number of ether oxygens (including phenoxy) is 1. The second-order valence-corrected chi connectivity index (χ2v) is 7.11. The van der Waals surface area contributed by atoms with Crippen LogP contribution in [0.2, 0.25) is 5.02 Å². The van der Waals surface area contributed by atoms with Gasteiger partial charge in [0.15, 0.2) is 0 Å². The first-order valence-corrected chi connectivity index (χ1v) is 9.46. The third kappa shape index (κ3) is 5.49. The molecule has 8 heteroatoms. The number of nitrogens with one attached hydrogen (secondary N) is 1. The number of hydrazone groups is 1. The molecule has 3 rings (SSSR count). The van der Waals surface area contributed by atoms with Gasteiger partial charge in [0.05, 0.1) is 17.3 Å². The van der Waals surface area contributed by atoms with Crippen LogP contribution in [0.25, 0.3) is 0 Å². The lowest BCUT2D eigenvalue weighted by molar-refractivity contribution is 0.0734. The molecule has 0 aliphatic carbocycles. The molecule has 5 nitrogen and oxygen atoms in total. The van der Waals surface area contributed by atoms with Crippen molar-refractivity contribution in [1.29, 1.82) is 0 Å². The molecule has 0 unspecified atom stereocenters. The molecule has 29 heavy (non-hydrogen) atoms. The van der Waals surface area contributed by atoms with Crippen LogP contribution in [0.4, 0.5) is 4.39 Å². The molecule has 0 heterocycles. The number of benzene rings is 3. The van der Waals surface area contributed by atoms with E-state index in [0.29, 0.717) is 20.6 Å². The van der Waals surface area contributed by atoms with Crippen LogP contribution in [0, 0.1) is 5.82 Å². The summed E-state index contributed by atoms with van der Waals surface area (Å²) in [6, 6.07) is 16.8. The minimum atomic E-state index is -0.700. The van der Waals surface area contributed by atoms with Crippen LogP contribution in [-0.2, 0) is 0 Å². The molecule has 0 saturated heterocycles. The average molecular weight is 476 g/mol. The first-order chi connectivity index (χ1) is 13.9. The predicted octanol–water partition coefficient (Wildman–Crippen LogP) is 5.22. The summed E-state index contributed by atoms with van der Waals surface area (Å²) >= 11 is 9.15. The van der Waals surface area contributed by atoms with E-state index in [9.17, 15) is 14.0 Å². The van der Waals surface area contributed by atoms with Crippen molar-refractivity contribution in [1.82, 2.24) is 5.43 Å². The fourth-order valence-electron chi connectivity index (χ4n) is 2.32. The lowest BCUT2D eigenvalue weighted by Gasteiger charge is -2.08. The Hall–Kier alpha value is -3.03. The normalized spacial score (nSPS) is 10.7. The topological polar surface area (TPSA) is 67.8 Å². The molecule has 0 bridgehead atoms. The standard InChI is InChI=1S/C21H13BrClFN2O3/c22-15-7-10-19(29-21(28)13-5-8-16(23)9-6-13)14(11-15)12-25-26-20(27)17-3-1-2-4-18(17)24/h1-12H,(H,26,27). The van der Waals surface area contributed by atoms with Gasteiger partial charge in [0.25, 0.3) is 5.91 Å². The molecule has 0 aliphatic rings. The van der Waals surface area contributed by atoms with E-state index < -0.39 is 17.7 Å². The van der Waals surface area contributed by atoms with Crippen LogP contribution in [-0.4, -0.2) is 18.1 Å². The van der Waals surface area contributed by atoms with Gasteiger partial charge in [0.1, 0.15) is 11.6 Å². The summed E-state index contributed by atoms with van der Waals surface area (Å²) in [5, 5.41) is 4.33. The molecule has 0 aliphatic heterocycles. The predicted molar refractivity (Wildman–Crippen MR) is 112 cm³/mol. The Morgan fingerprint density at radius 2 is 1.79 bits per heavy atom. The number of hydrogen-bond donors (Lipinski definition) is 1. The largest absolute Gasteiger partial charge is 0.422 e. The number of hydrogen-bond acceptors (Lipinski definition) is 4. The quantitative estimate of drug-likeness (QED) is 0.238. The number of amides is 1. The van der Waals surface area contributed by atoms with Crippen LogP contribution in [0.3, 0.4) is 0 Å². The molecule has 0 radical (unpaired) electrons. The van der Waals surface area contributed by atoms with Crippen LogP contribution in [0.1, 0.15) is 26.3 Å². The van der Waals surface area contributed by atoms with Gasteiger partial charge in [-0.2, -0.15) is 5.10 Å². The van der Waals surface area contributed by atoms with Crippen LogP contribution < -0.4 is 10.2 Å². The number of nitrogens with zero attached hydrogens (tertiary/aromatic N) is 1. The minimum Gasteiger partial charge on any atom is -0.422 e. The summed E-state index contributed by atoms with van der Waals surface area (Å²) in [6.07, 6.45) is 1.30. The molecule has 0 fully saturated rings. The lowest BCUT2D eigenvalue weighted by Crippen LogP contribution is -2.19. The zero-order valence-corrected chi connectivity index (χ0v) is 17.1. The van der Waals surface area contributed by atoms with Gasteiger partial charge in [0.2, 0.25) is 0 Å². The monoisotopic (exact) mass is 474 g/mol. The van der Waals surface area contributed by atoms with Crippen molar-refractivity contribution < 1.29 is 18.7 Å². The molecule has 0 saturated carbocycles. The highest BCUT2D eigenvalue weighted by Gasteiger charge is 2.12. The zero-order chi connectivity index (χ0) is 20.8. The van der Waals surface area contributed by atoms with Crippen molar-refractivity contribution in [3.8, 4) is 5.75 Å². The summed E-state index contributed by atoms with van der Waals surface area (Å²) in [4.78, 5) is 24.4. The van der Waals surface area contributed by atoms with Gasteiger partial charge in [-0.15, -0.1) is 0 Å². The SMILES string of the molecule is O=C(Oc1ccc(Br)cc1C=NNC(=O)c1ccccc1F)c1ccc(Cl)cc1. The molecule has 1 N–H and O–H groups in total. The molecular formula is C21H13BrClFN2O3. The van der Waals surface area contributed by atoms with Gasteiger partial charge in [-0.1, -0.05) is 39.7 Å². The first kappa shape index (κ1) is 20.7. The number of carbonyl (C=O) groups excluding carboxylic acids is 2. The molecular weight excluding hydrogens is 463 g/mol. The van der Waals surface area contributed by atoms with Crippen molar-refractivity contribution in [2.75, 3.05) is 0 Å². The maximum absolute atomic E-state index is 13.7.